The molecule has 114 valence electrons. The van der Waals surface area contributed by atoms with E-state index in [-0.39, 0.29) is 11.8 Å². The Hall–Kier alpha value is -1.11. The Morgan fingerprint density at radius 1 is 1.52 bits per heavy atom. The second-order valence-electron chi connectivity index (χ2n) is 4.74. The third-order valence-corrected chi connectivity index (χ3v) is 4.56. The number of hydrogen-bond acceptors (Lipinski definition) is 3. The lowest BCUT2D eigenvalue weighted by atomic mass is 10.1. The molecule has 7 heteroatoms. The summed E-state index contributed by atoms with van der Waals surface area (Å²) in [4.78, 5) is 26.3. The molecule has 0 bridgehead atoms. The molecule has 2 N–H and O–H groups in total. The molecular formula is C14H17BrClN3O2. The molecule has 1 atom stereocenters. The Morgan fingerprint density at radius 2 is 2.29 bits per heavy atom. The zero-order valence-corrected chi connectivity index (χ0v) is 14.0. The smallest absolute Gasteiger partial charge is 0.254 e. The third kappa shape index (κ3) is 3.75. The van der Waals surface area contributed by atoms with Crippen LogP contribution < -0.4 is 10.6 Å². The number of carbonyl (C=O) groups is 2. The lowest BCUT2D eigenvalue weighted by Crippen LogP contribution is -2.59. The van der Waals surface area contributed by atoms with Crippen LogP contribution in [-0.4, -0.2) is 48.9 Å². The highest BCUT2D eigenvalue weighted by molar-refractivity contribution is 9.10. The molecular weight excluding hydrogens is 358 g/mol. The summed E-state index contributed by atoms with van der Waals surface area (Å²) in [5, 5.41) is 6.39. The average molecular weight is 375 g/mol. The van der Waals surface area contributed by atoms with E-state index in [9.17, 15) is 9.59 Å². The van der Waals surface area contributed by atoms with Crippen LogP contribution in [0.15, 0.2) is 22.7 Å². The number of hydrogen-bond donors (Lipinski definition) is 2. The number of amides is 2. The second-order valence-corrected chi connectivity index (χ2v) is 6.00. The summed E-state index contributed by atoms with van der Waals surface area (Å²) in [5.74, 6) is -0.316. The number of likely N-dealkylation sites (N-methyl/N-ethyl adjacent to an activating group) is 1. The number of benzene rings is 1. The highest BCUT2D eigenvalue weighted by atomic mass is 79.9. The molecule has 1 aliphatic rings. The maximum atomic E-state index is 12.6. The Kier molecular flexibility index (Phi) is 5.61. The molecule has 0 aromatic heterocycles. The molecule has 0 spiro atoms. The molecule has 21 heavy (non-hydrogen) atoms. The van der Waals surface area contributed by atoms with Crippen molar-refractivity contribution < 1.29 is 9.59 Å². The Morgan fingerprint density at radius 3 is 2.95 bits per heavy atom. The van der Waals surface area contributed by atoms with Gasteiger partial charge in [-0.3, -0.25) is 9.59 Å². The van der Waals surface area contributed by atoms with Crippen molar-refractivity contribution in [1.29, 1.82) is 0 Å². The molecule has 0 saturated carbocycles. The van der Waals surface area contributed by atoms with Crippen LogP contribution >= 0.6 is 27.5 Å². The maximum Gasteiger partial charge on any atom is 0.254 e. The first-order chi connectivity index (χ1) is 10.0. The monoisotopic (exact) mass is 373 g/mol. The van der Waals surface area contributed by atoms with Gasteiger partial charge in [-0.25, -0.2) is 0 Å². The molecule has 1 unspecified atom stereocenters. The quantitative estimate of drug-likeness (QED) is 0.846. The van der Waals surface area contributed by atoms with Crippen LogP contribution in [0.2, 0.25) is 5.02 Å². The standard InChI is InChI=1S/C14H17BrClN3O2/c1-2-18-13(20)12-8-17-5-6-19(12)14(21)9-3-4-10(15)11(16)7-9/h3-4,7,12,17H,2,5-6,8H2,1H3,(H,18,20). The van der Waals surface area contributed by atoms with E-state index in [1.165, 1.54) is 0 Å². The molecule has 5 nitrogen and oxygen atoms in total. The molecule has 1 aliphatic heterocycles. The van der Waals surface area contributed by atoms with Crippen molar-refractivity contribution in [1.82, 2.24) is 15.5 Å². The van der Waals surface area contributed by atoms with Crippen LogP contribution in [0.25, 0.3) is 0 Å². The summed E-state index contributed by atoms with van der Waals surface area (Å²) in [7, 11) is 0. The Labute approximate surface area is 137 Å². The van der Waals surface area contributed by atoms with Gasteiger partial charge in [-0.1, -0.05) is 11.6 Å². The zero-order valence-electron chi connectivity index (χ0n) is 11.7. The summed E-state index contributed by atoms with van der Waals surface area (Å²) < 4.78 is 0.737. The number of nitrogens with zero attached hydrogens (tertiary/aromatic N) is 1. The van der Waals surface area contributed by atoms with Gasteiger partial charge in [-0.15, -0.1) is 0 Å². The predicted octanol–water partition coefficient (Wildman–Crippen LogP) is 1.65. The fraction of sp³-hybridized carbons (Fsp3) is 0.429. The van der Waals surface area contributed by atoms with Crippen LogP contribution in [0.1, 0.15) is 17.3 Å². The fourth-order valence-electron chi connectivity index (χ4n) is 2.27. The maximum absolute atomic E-state index is 12.6. The fourth-order valence-corrected chi connectivity index (χ4v) is 2.70. The zero-order chi connectivity index (χ0) is 15.4. The highest BCUT2D eigenvalue weighted by Gasteiger charge is 2.32. The van der Waals surface area contributed by atoms with Crippen LogP contribution in [0.5, 0.6) is 0 Å². The van der Waals surface area contributed by atoms with Gasteiger partial charge < -0.3 is 15.5 Å². The highest BCUT2D eigenvalue weighted by Crippen LogP contribution is 2.24. The van der Waals surface area contributed by atoms with Crippen LogP contribution in [0.3, 0.4) is 0 Å². The second kappa shape index (κ2) is 7.24. The summed E-state index contributed by atoms with van der Waals surface area (Å²) in [6.07, 6.45) is 0. The first-order valence-electron chi connectivity index (χ1n) is 6.79. The number of piperazine rings is 1. The first-order valence-corrected chi connectivity index (χ1v) is 7.96. The van der Waals surface area contributed by atoms with E-state index < -0.39 is 6.04 Å². The minimum absolute atomic E-state index is 0.138. The number of carbonyl (C=O) groups excluding carboxylic acids is 2. The van der Waals surface area contributed by atoms with E-state index in [0.717, 1.165) is 4.47 Å². The molecule has 0 aliphatic carbocycles. The van der Waals surface area contributed by atoms with Crippen molar-refractivity contribution in [3.05, 3.63) is 33.3 Å². The van der Waals surface area contributed by atoms with Crippen LogP contribution in [0.4, 0.5) is 0 Å². The van der Waals surface area contributed by atoms with Gasteiger partial charge in [0.2, 0.25) is 5.91 Å². The van der Waals surface area contributed by atoms with E-state index in [1.54, 1.807) is 23.1 Å². The SMILES string of the molecule is CCNC(=O)C1CNCCN1C(=O)c1ccc(Br)c(Cl)c1. The van der Waals surface area contributed by atoms with E-state index in [2.05, 4.69) is 26.6 Å². The summed E-state index contributed by atoms with van der Waals surface area (Å²) in [6, 6.07) is 4.56. The molecule has 1 aromatic carbocycles. The van der Waals surface area contributed by atoms with Gasteiger partial charge in [0.25, 0.3) is 5.91 Å². The van der Waals surface area contributed by atoms with Gasteiger partial charge in [0.05, 0.1) is 5.02 Å². The van der Waals surface area contributed by atoms with Gasteiger partial charge in [-0.2, -0.15) is 0 Å². The van der Waals surface area contributed by atoms with E-state index in [4.69, 9.17) is 11.6 Å². The number of halogens is 2. The number of rotatable bonds is 3. The first kappa shape index (κ1) is 16.3. The van der Waals surface area contributed by atoms with Crippen molar-refractivity contribution >= 4 is 39.3 Å². The van der Waals surface area contributed by atoms with Gasteiger partial charge >= 0.3 is 0 Å². The van der Waals surface area contributed by atoms with E-state index in [0.29, 0.717) is 36.8 Å². The van der Waals surface area contributed by atoms with Crippen molar-refractivity contribution in [2.45, 2.75) is 13.0 Å². The van der Waals surface area contributed by atoms with Crippen molar-refractivity contribution in [3.8, 4) is 0 Å². The third-order valence-electron chi connectivity index (χ3n) is 3.32. The van der Waals surface area contributed by atoms with Crippen LogP contribution in [-0.2, 0) is 4.79 Å². The normalized spacial score (nSPS) is 18.4. The molecule has 1 fully saturated rings. The summed E-state index contributed by atoms with van der Waals surface area (Å²) in [6.45, 7) is 4.03. The van der Waals surface area contributed by atoms with Gasteiger partial charge in [-0.05, 0) is 41.1 Å². The van der Waals surface area contributed by atoms with Crippen molar-refractivity contribution in [2.24, 2.45) is 0 Å². The van der Waals surface area contributed by atoms with Gasteiger partial charge in [0, 0.05) is 36.2 Å². The van der Waals surface area contributed by atoms with Gasteiger partial charge in [0.15, 0.2) is 0 Å². The Bertz CT molecular complexity index is 553. The molecule has 1 heterocycles. The van der Waals surface area contributed by atoms with E-state index >= 15 is 0 Å². The lowest BCUT2D eigenvalue weighted by Gasteiger charge is -2.35. The van der Waals surface area contributed by atoms with Crippen molar-refractivity contribution in [2.75, 3.05) is 26.2 Å². The topological polar surface area (TPSA) is 61.4 Å². The van der Waals surface area contributed by atoms with Crippen LogP contribution in [0, 0.1) is 0 Å². The minimum Gasteiger partial charge on any atom is -0.355 e. The lowest BCUT2D eigenvalue weighted by molar-refractivity contribution is -0.126. The molecule has 2 rings (SSSR count). The Balaban J connectivity index is 2.21. The predicted molar refractivity (Wildman–Crippen MR) is 85.5 cm³/mol. The molecule has 1 saturated heterocycles. The minimum atomic E-state index is -0.492. The molecule has 1 aromatic rings. The van der Waals surface area contributed by atoms with Gasteiger partial charge in [0.1, 0.15) is 6.04 Å². The number of nitrogens with one attached hydrogen (secondary N) is 2. The summed E-state index contributed by atoms with van der Waals surface area (Å²) >= 11 is 9.34. The largest absolute Gasteiger partial charge is 0.355 e. The average Bonchev–Trinajstić information content (AvgIpc) is 2.49. The molecule has 0 radical (unpaired) electrons. The van der Waals surface area contributed by atoms with E-state index in [1.807, 2.05) is 6.92 Å². The van der Waals surface area contributed by atoms with Crippen molar-refractivity contribution in [3.63, 3.8) is 0 Å². The molecule has 2 amide bonds. The summed E-state index contributed by atoms with van der Waals surface area (Å²) in [5.41, 5.74) is 0.486.